The molecule has 0 aliphatic heterocycles. The van der Waals surface area contributed by atoms with Crippen LogP contribution in [0.2, 0.25) is 0 Å². The lowest BCUT2D eigenvalue weighted by atomic mass is 9.95. The number of aliphatic hydroxyl groups is 1. The van der Waals surface area contributed by atoms with E-state index >= 15 is 0 Å². The summed E-state index contributed by atoms with van der Waals surface area (Å²) in [6.07, 6.45) is 19.0. The van der Waals surface area contributed by atoms with Crippen LogP contribution in [0, 0.1) is 0 Å². The van der Waals surface area contributed by atoms with Crippen LogP contribution >= 0.6 is 0 Å². The first-order valence-electron chi connectivity index (χ1n) is 9.93. The van der Waals surface area contributed by atoms with E-state index in [1.807, 2.05) is 0 Å². The van der Waals surface area contributed by atoms with Crippen LogP contribution in [0.1, 0.15) is 118 Å². The topological polar surface area (TPSA) is 32.3 Å². The van der Waals surface area contributed by atoms with Gasteiger partial charge in [-0.1, -0.05) is 90.4 Å². The molecule has 1 unspecified atom stereocenters. The van der Waals surface area contributed by atoms with E-state index in [2.05, 4.69) is 26.1 Å². The highest BCUT2D eigenvalue weighted by molar-refractivity contribution is 4.77. The molecule has 0 rings (SSSR count). The van der Waals surface area contributed by atoms with Gasteiger partial charge < -0.3 is 5.11 Å². The lowest BCUT2D eigenvalue weighted by Gasteiger charge is -2.28. The normalized spacial score (nSPS) is 13.5. The van der Waals surface area contributed by atoms with Crippen LogP contribution in [0.3, 0.4) is 0 Å². The standard InChI is InChI=1S/C20H43NO/c1-5-6-7-8-9-10-11-12-13-14-15-16-17-18-20(3,4)21-19(2)22/h19,21-22H,5-18H2,1-4H3. The molecular formula is C20H43NO. The van der Waals surface area contributed by atoms with Crippen molar-refractivity contribution in [3.05, 3.63) is 0 Å². The Bertz CT molecular complexity index is 226. The smallest absolute Gasteiger partial charge is 0.102 e. The van der Waals surface area contributed by atoms with Gasteiger partial charge in [-0.05, 0) is 27.2 Å². The van der Waals surface area contributed by atoms with Crippen LogP contribution in [0.4, 0.5) is 0 Å². The van der Waals surface area contributed by atoms with Gasteiger partial charge in [0.05, 0.1) is 0 Å². The van der Waals surface area contributed by atoms with Gasteiger partial charge in [0.25, 0.3) is 0 Å². The number of aliphatic hydroxyl groups excluding tert-OH is 1. The summed E-state index contributed by atoms with van der Waals surface area (Å²) in [7, 11) is 0. The van der Waals surface area contributed by atoms with E-state index in [-0.39, 0.29) is 5.54 Å². The highest BCUT2D eigenvalue weighted by Crippen LogP contribution is 2.17. The Balaban J connectivity index is 3.20. The molecule has 0 fully saturated rings. The summed E-state index contributed by atoms with van der Waals surface area (Å²) in [5.41, 5.74) is 0.0615. The third-order valence-electron chi connectivity index (χ3n) is 4.50. The van der Waals surface area contributed by atoms with E-state index in [9.17, 15) is 5.11 Å². The van der Waals surface area contributed by atoms with Gasteiger partial charge in [0.1, 0.15) is 6.23 Å². The second-order valence-corrected chi connectivity index (χ2v) is 7.70. The van der Waals surface area contributed by atoms with E-state index in [1.165, 1.54) is 83.5 Å². The zero-order valence-corrected chi connectivity index (χ0v) is 15.9. The van der Waals surface area contributed by atoms with Gasteiger partial charge in [0.2, 0.25) is 0 Å². The van der Waals surface area contributed by atoms with E-state index in [1.54, 1.807) is 6.92 Å². The van der Waals surface area contributed by atoms with Gasteiger partial charge in [-0.3, -0.25) is 5.32 Å². The average Bonchev–Trinajstić information content (AvgIpc) is 2.42. The summed E-state index contributed by atoms with van der Waals surface area (Å²) >= 11 is 0. The first-order chi connectivity index (χ1) is 10.5. The fraction of sp³-hybridized carbons (Fsp3) is 1.00. The van der Waals surface area contributed by atoms with Gasteiger partial charge in [-0.25, -0.2) is 0 Å². The van der Waals surface area contributed by atoms with Crippen LogP contribution in [0.25, 0.3) is 0 Å². The number of hydrogen-bond acceptors (Lipinski definition) is 2. The van der Waals surface area contributed by atoms with Crippen LogP contribution in [-0.2, 0) is 0 Å². The molecule has 0 saturated carbocycles. The molecule has 0 heterocycles. The van der Waals surface area contributed by atoms with Crippen molar-refractivity contribution in [2.75, 3.05) is 0 Å². The minimum atomic E-state index is -0.406. The van der Waals surface area contributed by atoms with E-state index < -0.39 is 6.23 Å². The summed E-state index contributed by atoms with van der Waals surface area (Å²) in [6, 6.07) is 0. The highest BCUT2D eigenvalue weighted by atomic mass is 16.3. The van der Waals surface area contributed by atoms with Crippen molar-refractivity contribution in [2.24, 2.45) is 0 Å². The molecule has 0 spiro atoms. The highest BCUT2D eigenvalue weighted by Gasteiger charge is 2.17. The summed E-state index contributed by atoms with van der Waals surface area (Å²) < 4.78 is 0. The van der Waals surface area contributed by atoms with Gasteiger partial charge in [-0.2, -0.15) is 0 Å². The molecule has 0 saturated heterocycles. The monoisotopic (exact) mass is 313 g/mol. The minimum Gasteiger partial charge on any atom is -0.379 e. The Labute approximate surface area is 140 Å². The summed E-state index contributed by atoms with van der Waals surface area (Å²) in [6.45, 7) is 8.44. The van der Waals surface area contributed by atoms with E-state index in [0.29, 0.717) is 0 Å². The molecule has 0 aromatic rings. The largest absolute Gasteiger partial charge is 0.379 e. The Hall–Kier alpha value is -0.0800. The zero-order valence-electron chi connectivity index (χ0n) is 15.9. The van der Waals surface area contributed by atoms with E-state index in [4.69, 9.17) is 0 Å². The summed E-state index contributed by atoms with van der Waals surface area (Å²) in [5, 5.41) is 12.6. The van der Waals surface area contributed by atoms with Crippen LogP contribution in [0.5, 0.6) is 0 Å². The number of unbranched alkanes of at least 4 members (excludes halogenated alkanes) is 12. The lowest BCUT2D eigenvalue weighted by Crippen LogP contribution is -2.44. The SMILES string of the molecule is CCCCCCCCCCCCCCCC(C)(C)NC(C)O. The molecule has 0 radical (unpaired) electrons. The molecule has 0 bridgehead atoms. The first-order valence-corrected chi connectivity index (χ1v) is 9.93. The molecule has 22 heavy (non-hydrogen) atoms. The first kappa shape index (κ1) is 21.9. The Kier molecular flexibility index (Phi) is 14.5. The summed E-state index contributed by atoms with van der Waals surface area (Å²) in [5.74, 6) is 0. The molecule has 2 heteroatoms. The van der Waals surface area contributed by atoms with Gasteiger partial charge in [0, 0.05) is 5.54 Å². The molecule has 1 atom stereocenters. The van der Waals surface area contributed by atoms with Crippen LogP contribution < -0.4 is 5.32 Å². The molecule has 134 valence electrons. The molecule has 0 aliphatic rings. The molecule has 0 aromatic carbocycles. The molecule has 0 aromatic heterocycles. The van der Waals surface area contributed by atoms with Crippen molar-refractivity contribution in [2.45, 2.75) is 129 Å². The molecule has 0 amide bonds. The zero-order chi connectivity index (χ0) is 16.7. The van der Waals surface area contributed by atoms with Crippen LogP contribution in [-0.4, -0.2) is 16.9 Å². The Morgan fingerprint density at radius 2 is 1.09 bits per heavy atom. The third kappa shape index (κ3) is 16.3. The maximum absolute atomic E-state index is 9.38. The molecular weight excluding hydrogens is 270 g/mol. The third-order valence-corrected chi connectivity index (χ3v) is 4.50. The number of hydrogen-bond donors (Lipinski definition) is 2. The van der Waals surface area contributed by atoms with Crippen molar-refractivity contribution >= 4 is 0 Å². The van der Waals surface area contributed by atoms with Crippen molar-refractivity contribution in [1.29, 1.82) is 0 Å². The summed E-state index contributed by atoms with van der Waals surface area (Å²) in [4.78, 5) is 0. The second kappa shape index (κ2) is 14.5. The predicted molar refractivity (Wildman–Crippen MR) is 99.2 cm³/mol. The Morgan fingerprint density at radius 1 is 0.727 bits per heavy atom. The molecule has 0 aliphatic carbocycles. The average molecular weight is 314 g/mol. The lowest BCUT2D eigenvalue weighted by molar-refractivity contribution is 0.113. The second-order valence-electron chi connectivity index (χ2n) is 7.70. The molecule has 2 nitrogen and oxygen atoms in total. The number of nitrogens with one attached hydrogen (secondary N) is 1. The Morgan fingerprint density at radius 3 is 1.45 bits per heavy atom. The van der Waals surface area contributed by atoms with Gasteiger partial charge >= 0.3 is 0 Å². The van der Waals surface area contributed by atoms with Gasteiger partial charge in [-0.15, -0.1) is 0 Å². The van der Waals surface area contributed by atoms with Gasteiger partial charge in [0.15, 0.2) is 0 Å². The van der Waals surface area contributed by atoms with Crippen molar-refractivity contribution in [1.82, 2.24) is 5.32 Å². The van der Waals surface area contributed by atoms with Crippen molar-refractivity contribution in [3.8, 4) is 0 Å². The van der Waals surface area contributed by atoms with E-state index in [0.717, 1.165) is 6.42 Å². The number of rotatable bonds is 16. The minimum absolute atomic E-state index is 0.0615. The van der Waals surface area contributed by atoms with Crippen molar-refractivity contribution < 1.29 is 5.11 Å². The molecule has 2 N–H and O–H groups in total. The predicted octanol–water partition coefficient (Wildman–Crippen LogP) is 6.17. The van der Waals surface area contributed by atoms with Crippen LogP contribution in [0.15, 0.2) is 0 Å². The fourth-order valence-electron chi connectivity index (χ4n) is 3.22. The maximum Gasteiger partial charge on any atom is 0.102 e. The maximum atomic E-state index is 9.38. The quantitative estimate of drug-likeness (QED) is 0.263. The fourth-order valence-corrected chi connectivity index (χ4v) is 3.22. The van der Waals surface area contributed by atoms with Crippen molar-refractivity contribution in [3.63, 3.8) is 0 Å².